The summed E-state index contributed by atoms with van der Waals surface area (Å²) < 4.78 is 3.79. The molecule has 1 aromatic carbocycles. The largest absolute Gasteiger partial charge is 0.311 e. The molecular formula is C21H19N5OS. The number of fused-ring (bicyclic) bond motifs is 1. The van der Waals surface area contributed by atoms with Crippen molar-refractivity contribution in [3.05, 3.63) is 89.0 Å². The minimum atomic E-state index is -0.295. The van der Waals surface area contributed by atoms with Crippen LogP contribution in [-0.4, -0.2) is 19.9 Å². The van der Waals surface area contributed by atoms with E-state index >= 15 is 0 Å². The predicted molar refractivity (Wildman–Crippen MR) is 111 cm³/mol. The van der Waals surface area contributed by atoms with Crippen LogP contribution in [-0.2, 0) is 6.54 Å². The van der Waals surface area contributed by atoms with Gasteiger partial charge in [-0.05, 0) is 24.6 Å². The first-order chi connectivity index (χ1) is 13.7. The van der Waals surface area contributed by atoms with Crippen molar-refractivity contribution in [2.75, 3.05) is 0 Å². The fourth-order valence-corrected chi connectivity index (χ4v) is 3.98. The number of pyridine rings is 1. The lowest BCUT2D eigenvalue weighted by Crippen LogP contribution is -2.26. The number of imidazole rings is 1. The van der Waals surface area contributed by atoms with Crippen molar-refractivity contribution >= 4 is 22.9 Å². The average Bonchev–Trinajstić information content (AvgIpc) is 3.27. The molecule has 1 N–H and O–H groups in total. The Bertz CT molecular complexity index is 1220. The second-order valence-corrected chi connectivity index (χ2v) is 7.03. The number of aromatic nitrogens is 3. The van der Waals surface area contributed by atoms with E-state index in [1.165, 1.54) is 11.3 Å². The molecule has 1 amide bonds. The molecule has 0 bridgehead atoms. The van der Waals surface area contributed by atoms with Gasteiger partial charge in [0.25, 0.3) is 5.91 Å². The smallest absolute Gasteiger partial charge is 0.290 e. The van der Waals surface area contributed by atoms with Crippen molar-refractivity contribution in [1.82, 2.24) is 19.4 Å². The summed E-state index contributed by atoms with van der Waals surface area (Å²) in [5.41, 5.74) is 6.67. The molecular weight excluding hydrogens is 370 g/mol. The number of benzene rings is 1. The Morgan fingerprint density at radius 2 is 2.04 bits per heavy atom. The van der Waals surface area contributed by atoms with Crippen molar-refractivity contribution in [3.8, 4) is 11.3 Å². The third kappa shape index (κ3) is 3.27. The molecule has 3 aromatic heterocycles. The zero-order valence-corrected chi connectivity index (χ0v) is 16.2. The van der Waals surface area contributed by atoms with Gasteiger partial charge in [-0.1, -0.05) is 42.5 Å². The van der Waals surface area contributed by atoms with Gasteiger partial charge in [-0.15, -0.1) is 23.0 Å². The zero-order chi connectivity index (χ0) is 19.5. The molecule has 0 aliphatic rings. The Morgan fingerprint density at radius 1 is 1.25 bits per heavy atom. The first-order valence-corrected chi connectivity index (χ1v) is 9.69. The number of thiazole rings is 1. The van der Waals surface area contributed by atoms with E-state index in [4.69, 9.17) is 0 Å². The van der Waals surface area contributed by atoms with Gasteiger partial charge in [0.15, 0.2) is 0 Å². The Hall–Kier alpha value is -3.45. The van der Waals surface area contributed by atoms with Crippen LogP contribution >= 0.6 is 11.3 Å². The van der Waals surface area contributed by atoms with E-state index in [-0.39, 0.29) is 5.91 Å². The maximum absolute atomic E-state index is 12.8. The Labute approximate surface area is 166 Å². The molecule has 4 aromatic rings. The minimum Gasteiger partial charge on any atom is -0.311 e. The summed E-state index contributed by atoms with van der Waals surface area (Å²) in [4.78, 5) is 17.9. The van der Waals surface area contributed by atoms with Crippen LogP contribution < -0.4 is 10.2 Å². The second-order valence-electron chi connectivity index (χ2n) is 6.20. The highest BCUT2D eigenvalue weighted by Crippen LogP contribution is 2.19. The molecule has 3 heterocycles. The molecule has 0 unspecified atom stereocenters. The molecule has 28 heavy (non-hydrogen) atoms. The Morgan fingerprint density at radius 3 is 2.82 bits per heavy atom. The summed E-state index contributed by atoms with van der Waals surface area (Å²) in [6, 6.07) is 15.7. The fourth-order valence-electron chi connectivity index (χ4n) is 3.10. The lowest BCUT2D eigenvalue weighted by atomic mass is 10.2. The third-order valence-electron chi connectivity index (χ3n) is 4.35. The van der Waals surface area contributed by atoms with Gasteiger partial charge in [0, 0.05) is 18.1 Å². The first kappa shape index (κ1) is 17.9. The molecule has 0 aliphatic heterocycles. The highest BCUT2D eigenvalue weighted by Gasteiger charge is 2.16. The van der Waals surface area contributed by atoms with Gasteiger partial charge in [0.2, 0.25) is 4.80 Å². The lowest BCUT2D eigenvalue weighted by Gasteiger charge is -2.06. The number of amides is 1. The van der Waals surface area contributed by atoms with Crippen molar-refractivity contribution in [2.45, 2.75) is 13.5 Å². The molecule has 6 nitrogen and oxygen atoms in total. The quantitative estimate of drug-likeness (QED) is 0.419. The Balaban J connectivity index is 1.70. The van der Waals surface area contributed by atoms with Gasteiger partial charge in [0.05, 0.1) is 11.4 Å². The molecule has 140 valence electrons. The molecule has 7 heteroatoms. The fraction of sp³-hybridized carbons (Fsp3) is 0.0952. The van der Waals surface area contributed by atoms with Gasteiger partial charge >= 0.3 is 0 Å². The number of rotatable bonds is 5. The van der Waals surface area contributed by atoms with Crippen molar-refractivity contribution in [2.24, 2.45) is 5.10 Å². The molecule has 0 fully saturated rings. The van der Waals surface area contributed by atoms with E-state index in [1.54, 1.807) is 4.40 Å². The van der Waals surface area contributed by atoms with Gasteiger partial charge in [0.1, 0.15) is 11.3 Å². The second kappa shape index (κ2) is 7.66. The summed E-state index contributed by atoms with van der Waals surface area (Å²) in [7, 11) is 0. The first-order valence-electron chi connectivity index (χ1n) is 8.81. The van der Waals surface area contributed by atoms with Crippen LogP contribution in [0.3, 0.4) is 0 Å². The average molecular weight is 389 g/mol. The van der Waals surface area contributed by atoms with E-state index < -0.39 is 0 Å². The summed E-state index contributed by atoms with van der Waals surface area (Å²) in [5.74, 6) is -0.295. The summed E-state index contributed by atoms with van der Waals surface area (Å²) in [6.45, 7) is 6.25. The summed E-state index contributed by atoms with van der Waals surface area (Å²) >= 11 is 1.47. The zero-order valence-electron chi connectivity index (χ0n) is 15.4. The van der Waals surface area contributed by atoms with E-state index in [2.05, 4.69) is 22.1 Å². The lowest BCUT2D eigenvalue weighted by molar-refractivity contribution is 0.0946. The number of allylic oxidation sites excluding steroid dienone is 1. The molecule has 0 radical (unpaired) electrons. The maximum atomic E-state index is 12.8. The third-order valence-corrected chi connectivity index (χ3v) is 5.21. The molecule has 0 aliphatic carbocycles. The van der Waals surface area contributed by atoms with E-state index in [9.17, 15) is 4.79 Å². The van der Waals surface area contributed by atoms with Gasteiger partial charge in [-0.3, -0.25) is 9.20 Å². The summed E-state index contributed by atoms with van der Waals surface area (Å²) in [5, 5.41) is 6.40. The molecule has 0 spiro atoms. The molecule has 0 saturated carbocycles. The number of hydrogen-bond acceptors (Lipinski definition) is 4. The Kier molecular flexibility index (Phi) is 4.90. The number of carbonyl (C=O) groups excluding carboxylic acids is 1. The van der Waals surface area contributed by atoms with Crippen molar-refractivity contribution in [1.29, 1.82) is 0 Å². The van der Waals surface area contributed by atoms with Crippen LogP contribution in [0.4, 0.5) is 0 Å². The van der Waals surface area contributed by atoms with Crippen LogP contribution in [0.1, 0.15) is 16.2 Å². The predicted octanol–water partition coefficient (Wildman–Crippen LogP) is 3.60. The number of nitrogens with one attached hydrogen (secondary N) is 1. The van der Waals surface area contributed by atoms with Crippen molar-refractivity contribution < 1.29 is 4.79 Å². The minimum absolute atomic E-state index is 0.295. The van der Waals surface area contributed by atoms with Crippen LogP contribution in [0.15, 0.2) is 77.9 Å². The van der Waals surface area contributed by atoms with Crippen LogP contribution in [0, 0.1) is 6.92 Å². The summed E-state index contributed by atoms with van der Waals surface area (Å²) in [6.07, 6.45) is 3.63. The monoisotopic (exact) mass is 389 g/mol. The van der Waals surface area contributed by atoms with Crippen LogP contribution in [0.2, 0.25) is 0 Å². The maximum Gasteiger partial charge on any atom is 0.290 e. The van der Waals surface area contributed by atoms with E-state index in [1.807, 2.05) is 77.7 Å². The standard InChI is InChI=1S/C21H19N5OS/c1-3-12-25-17(16-9-5-4-6-10-16)14-28-21(25)24-23-20(27)19-15(2)22-18-11-7-8-13-26(18)19/h3-11,13-14H,1,12H2,2H3,(H,23,27)/b24-21+. The van der Waals surface area contributed by atoms with Gasteiger partial charge in [-0.2, -0.15) is 0 Å². The topological polar surface area (TPSA) is 63.7 Å². The van der Waals surface area contributed by atoms with E-state index in [0.717, 1.165) is 16.9 Å². The van der Waals surface area contributed by atoms with Crippen LogP contribution in [0.25, 0.3) is 16.9 Å². The van der Waals surface area contributed by atoms with Crippen LogP contribution in [0.5, 0.6) is 0 Å². The highest BCUT2D eigenvalue weighted by molar-refractivity contribution is 7.07. The van der Waals surface area contributed by atoms with E-state index in [0.29, 0.717) is 22.7 Å². The molecule has 0 atom stereocenters. The van der Waals surface area contributed by atoms with Gasteiger partial charge in [-0.25, -0.2) is 10.4 Å². The number of carbonyl (C=O) groups is 1. The van der Waals surface area contributed by atoms with Gasteiger partial charge < -0.3 is 4.57 Å². The number of nitrogens with zero attached hydrogens (tertiary/aromatic N) is 4. The molecule has 0 saturated heterocycles. The number of hydrogen-bond donors (Lipinski definition) is 1. The molecule has 4 rings (SSSR count). The number of aryl methyl sites for hydroxylation is 1. The highest BCUT2D eigenvalue weighted by atomic mass is 32.1. The SMILES string of the molecule is C=CCn1c(-c2ccccc2)cs/c1=N/NC(=O)c1c(C)nc2ccccn12. The normalized spacial score (nSPS) is 11.7. The van der Waals surface area contributed by atoms with Crippen molar-refractivity contribution in [3.63, 3.8) is 0 Å².